The van der Waals surface area contributed by atoms with Crippen LogP contribution in [0.5, 0.6) is 5.75 Å². The largest absolute Gasteiger partial charge is 0.492 e. The number of hydrogen-bond acceptors (Lipinski definition) is 5. The highest BCUT2D eigenvalue weighted by molar-refractivity contribution is 6.10. The number of imide groups is 1. The highest BCUT2D eigenvalue weighted by atomic mass is 35.5. The van der Waals surface area contributed by atoms with Crippen LogP contribution in [0.4, 0.5) is 10.5 Å². The minimum Gasteiger partial charge on any atom is -0.492 e. The van der Waals surface area contributed by atoms with Gasteiger partial charge in [-0.2, -0.15) is 0 Å². The summed E-state index contributed by atoms with van der Waals surface area (Å²) in [5.41, 5.74) is 5.05. The first-order valence-electron chi connectivity index (χ1n) is 8.31. The van der Waals surface area contributed by atoms with Crippen LogP contribution in [0.3, 0.4) is 0 Å². The summed E-state index contributed by atoms with van der Waals surface area (Å²) in [6.07, 6.45) is 1.84. The van der Waals surface area contributed by atoms with Gasteiger partial charge in [-0.05, 0) is 49.9 Å². The number of nitrogens with one attached hydrogen (secondary N) is 2. The molecule has 8 nitrogen and oxygen atoms in total. The molecule has 0 bridgehead atoms. The molecule has 3 rings (SSSR count). The molecule has 1 saturated heterocycles. The smallest absolute Gasteiger partial charge is 0.325 e. The summed E-state index contributed by atoms with van der Waals surface area (Å²) < 4.78 is 5.36. The predicted octanol–water partition coefficient (Wildman–Crippen LogP) is 1.10. The van der Waals surface area contributed by atoms with Gasteiger partial charge in [0.05, 0.1) is 0 Å². The maximum Gasteiger partial charge on any atom is 0.325 e. The number of hydrogen-bond donors (Lipinski definition) is 3. The number of nitrogens with zero attached hydrogens (tertiary/aromatic N) is 1. The average Bonchev–Trinajstić information content (AvgIpc) is 3.40. The van der Waals surface area contributed by atoms with E-state index < -0.39 is 17.5 Å². The Morgan fingerprint density at radius 1 is 1.35 bits per heavy atom. The average molecular weight is 383 g/mol. The molecule has 1 unspecified atom stereocenters. The minimum atomic E-state index is -0.876. The van der Waals surface area contributed by atoms with Crippen molar-refractivity contribution in [3.8, 4) is 5.75 Å². The van der Waals surface area contributed by atoms with Gasteiger partial charge in [0.1, 0.15) is 24.4 Å². The molecule has 0 aromatic heterocycles. The van der Waals surface area contributed by atoms with Crippen LogP contribution < -0.4 is 21.1 Å². The number of rotatable bonds is 7. The molecule has 1 aromatic carbocycles. The molecule has 4 N–H and O–H groups in total. The summed E-state index contributed by atoms with van der Waals surface area (Å²) >= 11 is 0. The highest BCUT2D eigenvalue weighted by Gasteiger charge is 2.56. The maximum atomic E-state index is 12.5. The fraction of sp³-hybridized carbons (Fsp3) is 0.471. The second kappa shape index (κ2) is 7.92. The third-order valence-electron chi connectivity index (χ3n) is 4.52. The Morgan fingerprint density at radius 2 is 2.00 bits per heavy atom. The molecule has 1 saturated carbocycles. The molecule has 1 heterocycles. The monoisotopic (exact) mass is 382 g/mol. The predicted molar refractivity (Wildman–Crippen MR) is 98.2 cm³/mol. The van der Waals surface area contributed by atoms with E-state index in [9.17, 15) is 14.4 Å². The van der Waals surface area contributed by atoms with Gasteiger partial charge in [0, 0.05) is 12.2 Å². The van der Waals surface area contributed by atoms with E-state index in [1.807, 2.05) is 0 Å². The lowest BCUT2D eigenvalue weighted by Gasteiger charge is -2.20. The number of urea groups is 1. The van der Waals surface area contributed by atoms with Crippen LogP contribution in [0.2, 0.25) is 0 Å². The molecule has 9 heteroatoms. The zero-order valence-electron chi connectivity index (χ0n) is 14.5. The molecular weight excluding hydrogens is 360 g/mol. The fourth-order valence-corrected chi connectivity index (χ4v) is 2.95. The van der Waals surface area contributed by atoms with Gasteiger partial charge < -0.3 is 21.1 Å². The third-order valence-corrected chi connectivity index (χ3v) is 4.52. The second-order valence-electron chi connectivity index (χ2n) is 6.51. The Balaban J connectivity index is 0.00000243. The van der Waals surface area contributed by atoms with Crippen molar-refractivity contribution < 1.29 is 19.1 Å². The van der Waals surface area contributed by atoms with Gasteiger partial charge in [-0.3, -0.25) is 14.5 Å². The van der Waals surface area contributed by atoms with Crippen LogP contribution in [0.25, 0.3) is 0 Å². The zero-order chi connectivity index (χ0) is 18.0. The zero-order valence-corrected chi connectivity index (χ0v) is 15.3. The Labute approximate surface area is 157 Å². The number of ether oxygens (including phenoxy) is 1. The van der Waals surface area contributed by atoms with Crippen molar-refractivity contribution in [2.24, 2.45) is 11.7 Å². The first kappa shape index (κ1) is 20.0. The molecule has 4 amide bonds. The quantitative estimate of drug-likeness (QED) is 0.611. The number of nitrogens with two attached hydrogens (primary N) is 1. The van der Waals surface area contributed by atoms with Gasteiger partial charge in [0.25, 0.3) is 5.91 Å². The topological polar surface area (TPSA) is 114 Å². The van der Waals surface area contributed by atoms with E-state index in [-0.39, 0.29) is 30.8 Å². The number of carbonyl (C=O) groups is 3. The van der Waals surface area contributed by atoms with Crippen LogP contribution in [0, 0.1) is 5.92 Å². The van der Waals surface area contributed by atoms with Gasteiger partial charge in [-0.1, -0.05) is 0 Å². The highest BCUT2D eigenvalue weighted by Crippen LogP contribution is 2.42. The van der Waals surface area contributed by atoms with Gasteiger partial charge in [-0.15, -0.1) is 12.4 Å². The van der Waals surface area contributed by atoms with Crippen molar-refractivity contribution in [3.05, 3.63) is 24.3 Å². The lowest BCUT2D eigenvalue weighted by molar-refractivity contribution is -0.134. The lowest BCUT2D eigenvalue weighted by atomic mass is 9.96. The molecule has 0 spiro atoms. The van der Waals surface area contributed by atoms with Crippen molar-refractivity contribution in [2.75, 3.05) is 25.0 Å². The molecular formula is C17H23ClN4O4. The van der Waals surface area contributed by atoms with E-state index in [0.29, 0.717) is 24.6 Å². The van der Waals surface area contributed by atoms with Crippen LogP contribution in [0.1, 0.15) is 19.8 Å². The molecule has 1 aliphatic carbocycles. The van der Waals surface area contributed by atoms with E-state index in [1.54, 1.807) is 31.2 Å². The molecule has 0 radical (unpaired) electrons. The van der Waals surface area contributed by atoms with Crippen LogP contribution in [-0.4, -0.2) is 48.0 Å². The Morgan fingerprint density at radius 3 is 2.58 bits per heavy atom. The van der Waals surface area contributed by atoms with Crippen molar-refractivity contribution in [2.45, 2.75) is 25.3 Å². The van der Waals surface area contributed by atoms with Crippen molar-refractivity contribution in [3.63, 3.8) is 0 Å². The van der Waals surface area contributed by atoms with Crippen LogP contribution in [0.15, 0.2) is 24.3 Å². The summed E-state index contributed by atoms with van der Waals surface area (Å²) in [5.74, 6) is 0.0516. The SMILES string of the molecule is CC1(C2CC2)NC(=O)N(CC(=O)Nc2ccc(OCCN)cc2)C1=O.Cl. The molecule has 26 heavy (non-hydrogen) atoms. The lowest BCUT2D eigenvalue weighted by Crippen LogP contribution is -2.46. The Bertz CT molecular complexity index is 693. The number of amides is 4. The molecule has 2 aliphatic rings. The molecule has 1 aliphatic heterocycles. The second-order valence-corrected chi connectivity index (χ2v) is 6.51. The summed E-state index contributed by atoms with van der Waals surface area (Å²) in [5, 5.41) is 5.39. The first-order valence-corrected chi connectivity index (χ1v) is 8.31. The van der Waals surface area contributed by atoms with Crippen LogP contribution >= 0.6 is 12.4 Å². The van der Waals surface area contributed by atoms with Gasteiger partial charge >= 0.3 is 6.03 Å². The summed E-state index contributed by atoms with van der Waals surface area (Å²) in [6.45, 7) is 2.25. The summed E-state index contributed by atoms with van der Waals surface area (Å²) in [6, 6.07) is 6.28. The van der Waals surface area contributed by atoms with Gasteiger partial charge in [-0.25, -0.2) is 4.79 Å². The molecule has 2 fully saturated rings. The van der Waals surface area contributed by atoms with Crippen molar-refractivity contribution in [1.82, 2.24) is 10.2 Å². The molecule has 1 atom stereocenters. The number of benzene rings is 1. The summed E-state index contributed by atoms with van der Waals surface area (Å²) in [7, 11) is 0. The van der Waals surface area contributed by atoms with E-state index in [2.05, 4.69) is 10.6 Å². The Hall–Kier alpha value is -2.32. The number of anilines is 1. The minimum absolute atomic E-state index is 0. The van der Waals surface area contributed by atoms with Crippen LogP contribution in [-0.2, 0) is 9.59 Å². The fourth-order valence-electron chi connectivity index (χ4n) is 2.95. The van der Waals surface area contributed by atoms with Crippen molar-refractivity contribution >= 4 is 35.9 Å². The maximum absolute atomic E-state index is 12.5. The molecule has 1 aromatic rings. The van der Waals surface area contributed by atoms with E-state index in [4.69, 9.17) is 10.5 Å². The summed E-state index contributed by atoms with van der Waals surface area (Å²) in [4.78, 5) is 37.7. The van der Waals surface area contributed by atoms with E-state index in [0.717, 1.165) is 17.7 Å². The van der Waals surface area contributed by atoms with Gasteiger partial charge in [0.2, 0.25) is 5.91 Å². The first-order chi connectivity index (χ1) is 11.9. The van der Waals surface area contributed by atoms with E-state index in [1.165, 1.54) is 0 Å². The molecule has 142 valence electrons. The van der Waals surface area contributed by atoms with Crippen molar-refractivity contribution in [1.29, 1.82) is 0 Å². The third kappa shape index (κ3) is 4.08. The standard InChI is InChI=1S/C17H22N4O4.ClH/c1-17(11-2-3-11)15(23)21(16(24)20-17)10-14(22)19-12-4-6-13(7-5-12)25-9-8-18;/h4-7,11H,2-3,8-10,18H2,1H3,(H,19,22)(H,20,24);1H. The van der Waals surface area contributed by atoms with Gasteiger partial charge in [0.15, 0.2) is 0 Å². The van der Waals surface area contributed by atoms with E-state index >= 15 is 0 Å². The normalized spacial score (nSPS) is 21.8. The number of carbonyl (C=O) groups excluding carboxylic acids is 3. The Kier molecular flexibility index (Phi) is 6.09. The number of halogens is 1.